The van der Waals surface area contributed by atoms with Crippen LogP contribution in [0.25, 0.3) is 0 Å². The Morgan fingerprint density at radius 1 is 1.00 bits per heavy atom. The zero-order valence-corrected chi connectivity index (χ0v) is 18.9. The number of halogens is 1. The van der Waals surface area contributed by atoms with Crippen molar-refractivity contribution in [3.63, 3.8) is 0 Å². The smallest absolute Gasteiger partial charge is 0.227 e. The van der Waals surface area contributed by atoms with Gasteiger partial charge in [-0.15, -0.1) is 11.8 Å². The van der Waals surface area contributed by atoms with Gasteiger partial charge in [0.05, 0.1) is 13.5 Å². The number of carbonyl (C=O) groups is 2. The van der Waals surface area contributed by atoms with Crippen molar-refractivity contribution in [1.82, 2.24) is 9.80 Å². The normalized spacial score (nSPS) is 14.0. The SMILES string of the molecule is COc1cccc(CC(=O)N2CCN(C(=O)CCSc3ccc(Br)cc3)CC2)c1. The van der Waals surface area contributed by atoms with Crippen LogP contribution in [-0.2, 0) is 16.0 Å². The van der Waals surface area contributed by atoms with Crippen molar-refractivity contribution in [3.05, 3.63) is 58.6 Å². The maximum Gasteiger partial charge on any atom is 0.227 e. The third-order valence-electron chi connectivity index (χ3n) is 4.87. The molecule has 1 aliphatic heterocycles. The topological polar surface area (TPSA) is 49.9 Å². The predicted octanol–water partition coefficient (Wildman–Crippen LogP) is 3.85. The third kappa shape index (κ3) is 6.51. The molecule has 0 saturated carbocycles. The first kappa shape index (κ1) is 21.7. The number of hydrogen-bond acceptors (Lipinski definition) is 4. The van der Waals surface area contributed by atoms with Gasteiger partial charge in [0.2, 0.25) is 11.8 Å². The molecule has 0 unspecified atom stereocenters. The molecule has 0 radical (unpaired) electrons. The van der Waals surface area contributed by atoms with E-state index in [1.54, 1.807) is 18.9 Å². The fraction of sp³-hybridized carbons (Fsp3) is 0.364. The number of methoxy groups -OCH3 is 1. The first-order valence-corrected chi connectivity index (χ1v) is 11.4. The minimum absolute atomic E-state index is 0.0937. The Kier molecular flexibility index (Phi) is 8.00. The van der Waals surface area contributed by atoms with Crippen molar-refractivity contribution in [1.29, 1.82) is 0 Å². The van der Waals surface area contributed by atoms with Gasteiger partial charge in [-0.3, -0.25) is 9.59 Å². The number of carbonyl (C=O) groups excluding carboxylic acids is 2. The van der Waals surface area contributed by atoms with E-state index in [1.807, 2.05) is 58.3 Å². The molecule has 1 aliphatic rings. The molecule has 154 valence electrons. The minimum atomic E-state index is 0.0937. The van der Waals surface area contributed by atoms with Crippen molar-refractivity contribution in [2.75, 3.05) is 39.0 Å². The second-order valence-corrected chi connectivity index (χ2v) is 8.93. The molecule has 2 aromatic carbocycles. The second-order valence-electron chi connectivity index (χ2n) is 6.84. The van der Waals surface area contributed by atoms with Gasteiger partial charge in [0, 0.05) is 47.7 Å². The number of piperazine rings is 1. The molecule has 1 fully saturated rings. The lowest BCUT2D eigenvalue weighted by atomic mass is 10.1. The highest BCUT2D eigenvalue weighted by molar-refractivity contribution is 9.10. The number of rotatable bonds is 7. The Morgan fingerprint density at radius 2 is 1.66 bits per heavy atom. The van der Waals surface area contributed by atoms with Gasteiger partial charge in [-0.25, -0.2) is 0 Å². The van der Waals surface area contributed by atoms with Crippen LogP contribution in [0.4, 0.5) is 0 Å². The molecule has 0 N–H and O–H groups in total. The van der Waals surface area contributed by atoms with Gasteiger partial charge < -0.3 is 14.5 Å². The van der Waals surface area contributed by atoms with Gasteiger partial charge in [0.1, 0.15) is 5.75 Å². The summed E-state index contributed by atoms with van der Waals surface area (Å²) in [6, 6.07) is 15.7. The van der Waals surface area contributed by atoms with Crippen LogP contribution in [0.1, 0.15) is 12.0 Å². The first-order chi connectivity index (χ1) is 14.0. The molecule has 0 spiro atoms. The first-order valence-electron chi connectivity index (χ1n) is 9.62. The summed E-state index contributed by atoms with van der Waals surface area (Å²) in [6.07, 6.45) is 0.869. The highest BCUT2D eigenvalue weighted by Gasteiger charge is 2.24. The van der Waals surface area contributed by atoms with Crippen molar-refractivity contribution >= 4 is 39.5 Å². The third-order valence-corrected chi connectivity index (χ3v) is 6.42. The lowest BCUT2D eigenvalue weighted by Gasteiger charge is -2.35. The van der Waals surface area contributed by atoms with Crippen LogP contribution in [-0.4, -0.2) is 60.7 Å². The molecule has 1 heterocycles. The van der Waals surface area contributed by atoms with Gasteiger partial charge >= 0.3 is 0 Å². The molecule has 1 saturated heterocycles. The fourth-order valence-corrected chi connectivity index (χ4v) is 4.32. The van der Waals surface area contributed by atoms with Crippen LogP contribution in [0, 0.1) is 0 Å². The van der Waals surface area contributed by atoms with Crippen LogP contribution in [0.2, 0.25) is 0 Å². The van der Waals surface area contributed by atoms with Gasteiger partial charge in [0.25, 0.3) is 0 Å². The lowest BCUT2D eigenvalue weighted by Crippen LogP contribution is -2.51. The van der Waals surface area contributed by atoms with Crippen molar-refractivity contribution < 1.29 is 14.3 Å². The summed E-state index contributed by atoms with van der Waals surface area (Å²) in [6.45, 7) is 2.39. The molecular formula is C22H25BrN2O3S. The van der Waals surface area contributed by atoms with E-state index in [1.165, 1.54) is 0 Å². The monoisotopic (exact) mass is 476 g/mol. The van der Waals surface area contributed by atoms with Crippen molar-refractivity contribution in [2.45, 2.75) is 17.7 Å². The standard InChI is InChI=1S/C22H25BrN2O3S/c1-28-19-4-2-3-17(15-19)16-22(27)25-12-10-24(11-13-25)21(26)9-14-29-20-7-5-18(23)6-8-20/h2-8,15H,9-14,16H2,1H3. The van der Waals surface area contributed by atoms with Gasteiger partial charge in [-0.2, -0.15) is 0 Å². The van der Waals surface area contributed by atoms with Crippen molar-refractivity contribution in [3.8, 4) is 5.75 Å². The average molecular weight is 477 g/mol. The summed E-state index contributed by atoms with van der Waals surface area (Å²) in [7, 11) is 1.62. The van der Waals surface area contributed by atoms with E-state index < -0.39 is 0 Å². The minimum Gasteiger partial charge on any atom is -0.497 e. The summed E-state index contributed by atoms with van der Waals surface area (Å²) < 4.78 is 6.27. The van der Waals surface area contributed by atoms with E-state index in [2.05, 4.69) is 15.9 Å². The highest BCUT2D eigenvalue weighted by atomic mass is 79.9. The zero-order valence-electron chi connectivity index (χ0n) is 16.5. The predicted molar refractivity (Wildman–Crippen MR) is 119 cm³/mol. The Balaban J connectivity index is 1.40. The number of amides is 2. The van der Waals surface area contributed by atoms with Gasteiger partial charge in [-0.05, 0) is 42.0 Å². The zero-order chi connectivity index (χ0) is 20.6. The molecule has 0 bridgehead atoms. The molecule has 2 aromatic rings. The van der Waals surface area contributed by atoms with Crippen LogP contribution < -0.4 is 4.74 Å². The maximum absolute atomic E-state index is 12.6. The Morgan fingerprint density at radius 3 is 2.31 bits per heavy atom. The quantitative estimate of drug-likeness (QED) is 0.569. The van der Waals surface area contributed by atoms with E-state index in [-0.39, 0.29) is 11.8 Å². The number of thioether (sulfide) groups is 1. The van der Waals surface area contributed by atoms with E-state index in [0.717, 1.165) is 26.4 Å². The van der Waals surface area contributed by atoms with E-state index in [9.17, 15) is 9.59 Å². The highest BCUT2D eigenvalue weighted by Crippen LogP contribution is 2.21. The van der Waals surface area contributed by atoms with Gasteiger partial charge in [-0.1, -0.05) is 28.1 Å². The maximum atomic E-state index is 12.6. The van der Waals surface area contributed by atoms with Crippen LogP contribution in [0.3, 0.4) is 0 Å². The number of hydrogen-bond donors (Lipinski definition) is 0. The molecule has 2 amide bonds. The molecule has 0 atom stereocenters. The van der Waals surface area contributed by atoms with Gasteiger partial charge in [0.15, 0.2) is 0 Å². The van der Waals surface area contributed by atoms with Crippen LogP contribution >= 0.6 is 27.7 Å². The molecular weight excluding hydrogens is 452 g/mol. The Bertz CT molecular complexity index is 836. The molecule has 0 aromatic heterocycles. The summed E-state index contributed by atoms with van der Waals surface area (Å²) in [5, 5.41) is 0. The molecule has 7 heteroatoms. The summed E-state index contributed by atoms with van der Waals surface area (Å²) in [4.78, 5) is 29.9. The van der Waals surface area contributed by atoms with E-state index in [4.69, 9.17) is 4.74 Å². The fourth-order valence-electron chi connectivity index (χ4n) is 3.22. The van der Waals surface area contributed by atoms with E-state index in [0.29, 0.717) is 39.0 Å². The Labute approximate surface area is 184 Å². The van der Waals surface area contributed by atoms with Crippen LogP contribution in [0.5, 0.6) is 5.75 Å². The Hall–Kier alpha value is -1.99. The molecule has 0 aliphatic carbocycles. The summed E-state index contributed by atoms with van der Waals surface area (Å²) in [5.74, 6) is 1.77. The number of benzene rings is 2. The molecule has 5 nitrogen and oxygen atoms in total. The van der Waals surface area contributed by atoms with E-state index >= 15 is 0 Å². The number of ether oxygens (including phenoxy) is 1. The van der Waals surface area contributed by atoms with Crippen LogP contribution in [0.15, 0.2) is 57.9 Å². The molecule has 29 heavy (non-hydrogen) atoms. The second kappa shape index (κ2) is 10.7. The largest absolute Gasteiger partial charge is 0.497 e. The summed E-state index contributed by atoms with van der Waals surface area (Å²) >= 11 is 5.11. The number of nitrogens with zero attached hydrogens (tertiary/aromatic N) is 2. The lowest BCUT2D eigenvalue weighted by molar-refractivity contribution is -0.138. The molecule has 3 rings (SSSR count). The summed E-state index contributed by atoms with van der Waals surface area (Å²) in [5.41, 5.74) is 0.942. The van der Waals surface area contributed by atoms with Crippen molar-refractivity contribution in [2.24, 2.45) is 0 Å². The average Bonchev–Trinajstić information content (AvgIpc) is 2.75.